The van der Waals surface area contributed by atoms with Crippen molar-refractivity contribution in [3.8, 4) is 22.4 Å². The summed E-state index contributed by atoms with van der Waals surface area (Å²) in [5.74, 6) is 0. The Hall–Kier alpha value is -2.91. The summed E-state index contributed by atoms with van der Waals surface area (Å²) in [7, 11) is 0. The SMILES string of the molecule is OCc1cccc(-c2ccc3nc(-c4ccccc4)cn3c2)c1. The number of fused-ring (bicyclic) bond motifs is 1. The number of rotatable bonds is 3. The summed E-state index contributed by atoms with van der Waals surface area (Å²) in [5.41, 5.74) is 6.11. The third-order valence-corrected chi connectivity index (χ3v) is 3.96. The molecule has 23 heavy (non-hydrogen) atoms. The molecule has 0 unspecified atom stereocenters. The van der Waals surface area contributed by atoms with Gasteiger partial charge < -0.3 is 9.51 Å². The number of aromatic nitrogens is 2. The van der Waals surface area contributed by atoms with Gasteiger partial charge in [0.1, 0.15) is 5.65 Å². The van der Waals surface area contributed by atoms with Crippen LogP contribution in [0.3, 0.4) is 0 Å². The molecule has 2 heterocycles. The first kappa shape index (κ1) is 13.7. The van der Waals surface area contributed by atoms with E-state index >= 15 is 0 Å². The molecule has 4 aromatic rings. The quantitative estimate of drug-likeness (QED) is 0.617. The monoisotopic (exact) mass is 300 g/mol. The number of hydrogen-bond acceptors (Lipinski definition) is 2. The number of nitrogens with zero attached hydrogens (tertiary/aromatic N) is 2. The van der Waals surface area contributed by atoms with Crippen molar-refractivity contribution >= 4 is 5.65 Å². The first-order valence-corrected chi connectivity index (χ1v) is 7.58. The first-order chi connectivity index (χ1) is 11.3. The van der Waals surface area contributed by atoms with E-state index in [1.807, 2.05) is 53.1 Å². The number of aliphatic hydroxyl groups is 1. The number of pyridine rings is 1. The second-order valence-electron chi connectivity index (χ2n) is 5.53. The molecule has 0 radical (unpaired) electrons. The molecule has 0 amide bonds. The van der Waals surface area contributed by atoms with Crippen LogP contribution >= 0.6 is 0 Å². The fourth-order valence-electron chi connectivity index (χ4n) is 2.76. The van der Waals surface area contributed by atoms with Gasteiger partial charge in [-0.05, 0) is 34.9 Å². The van der Waals surface area contributed by atoms with E-state index in [4.69, 9.17) is 0 Å². The van der Waals surface area contributed by atoms with Gasteiger partial charge in [0.15, 0.2) is 0 Å². The zero-order valence-electron chi connectivity index (χ0n) is 12.6. The maximum atomic E-state index is 9.29. The Morgan fingerprint density at radius 2 is 1.61 bits per heavy atom. The molecular weight excluding hydrogens is 284 g/mol. The van der Waals surface area contributed by atoms with E-state index in [2.05, 4.69) is 35.4 Å². The predicted molar refractivity (Wildman–Crippen MR) is 92.0 cm³/mol. The number of hydrogen-bond donors (Lipinski definition) is 1. The van der Waals surface area contributed by atoms with Crippen LogP contribution in [-0.2, 0) is 6.61 Å². The summed E-state index contributed by atoms with van der Waals surface area (Å²) in [6.45, 7) is 0.0549. The van der Waals surface area contributed by atoms with Crippen LogP contribution in [-0.4, -0.2) is 14.5 Å². The molecule has 2 aromatic heterocycles. The van der Waals surface area contributed by atoms with E-state index in [9.17, 15) is 5.11 Å². The minimum atomic E-state index is 0.0549. The third-order valence-electron chi connectivity index (χ3n) is 3.96. The van der Waals surface area contributed by atoms with Crippen LogP contribution < -0.4 is 0 Å². The van der Waals surface area contributed by atoms with Crippen molar-refractivity contribution in [2.24, 2.45) is 0 Å². The molecule has 3 nitrogen and oxygen atoms in total. The van der Waals surface area contributed by atoms with E-state index in [-0.39, 0.29) is 6.61 Å². The van der Waals surface area contributed by atoms with E-state index in [1.54, 1.807) is 0 Å². The normalized spacial score (nSPS) is 11.0. The van der Waals surface area contributed by atoms with Crippen LogP contribution in [0.2, 0.25) is 0 Å². The Kier molecular flexibility index (Phi) is 3.41. The molecule has 0 atom stereocenters. The Labute approximate surface area is 134 Å². The molecule has 0 saturated carbocycles. The van der Waals surface area contributed by atoms with Gasteiger partial charge in [-0.3, -0.25) is 0 Å². The molecule has 2 aromatic carbocycles. The van der Waals surface area contributed by atoms with Gasteiger partial charge in [0, 0.05) is 18.0 Å². The van der Waals surface area contributed by atoms with Crippen molar-refractivity contribution in [2.45, 2.75) is 6.61 Å². The molecular formula is C20H16N2O. The standard InChI is InChI=1S/C20H16N2O/c23-14-15-5-4-8-17(11-15)18-9-10-20-21-19(13-22(20)12-18)16-6-2-1-3-7-16/h1-13,23H,14H2. The molecule has 0 bridgehead atoms. The average molecular weight is 300 g/mol. The van der Waals surface area contributed by atoms with Crippen LogP contribution in [0.4, 0.5) is 0 Å². The lowest BCUT2D eigenvalue weighted by Gasteiger charge is -2.04. The van der Waals surface area contributed by atoms with Gasteiger partial charge >= 0.3 is 0 Å². The van der Waals surface area contributed by atoms with Crippen molar-refractivity contribution in [1.82, 2.24) is 9.38 Å². The van der Waals surface area contributed by atoms with Crippen LogP contribution in [0.25, 0.3) is 28.0 Å². The summed E-state index contributed by atoms with van der Waals surface area (Å²) < 4.78 is 2.04. The molecule has 0 saturated heterocycles. The minimum absolute atomic E-state index is 0.0549. The first-order valence-electron chi connectivity index (χ1n) is 7.58. The number of aliphatic hydroxyl groups excluding tert-OH is 1. The lowest BCUT2D eigenvalue weighted by atomic mass is 10.1. The minimum Gasteiger partial charge on any atom is -0.392 e. The van der Waals surface area contributed by atoms with Gasteiger partial charge in [-0.1, -0.05) is 48.5 Å². The maximum absolute atomic E-state index is 9.29. The molecule has 0 aliphatic rings. The lowest BCUT2D eigenvalue weighted by molar-refractivity contribution is 0.282. The van der Waals surface area contributed by atoms with Crippen molar-refractivity contribution in [3.05, 3.63) is 84.7 Å². The highest BCUT2D eigenvalue weighted by Gasteiger charge is 2.06. The van der Waals surface area contributed by atoms with E-state index in [1.165, 1.54) is 0 Å². The summed E-state index contributed by atoms with van der Waals surface area (Å²) >= 11 is 0. The molecule has 0 spiro atoms. The second kappa shape index (κ2) is 5.71. The highest BCUT2D eigenvalue weighted by Crippen LogP contribution is 2.24. The van der Waals surface area contributed by atoms with E-state index in [0.717, 1.165) is 33.6 Å². The van der Waals surface area contributed by atoms with Crippen molar-refractivity contribution in [1.29, 1.82) is 0 Å². The van der Waals surface area contributed by atoms with Crippen LogP contribution in [0.15, 0.2) is 79.1 Å². The highest BCUT2D eigenvalue weighted by atomic mass is 16.3. The molecule has 4 rings (SSSR count). The molecule has 112 valence electrons. The number of imidazole rings is 1. The summed E-state index contributed by atoms with van der Waals surface area (Å²) in [4.78, 5) is 4.67. The molecule has 1 N–H and O–H groups in total. The third kappa shape index (κ3) is 2.62. The van der Waals surface area contributed by atoms with Gasteiger partial charge in [-0.25, -0.2) is 4.98 Å². The highest BCUT2D eigenvalue weighted by molar-refractivity contribution is 5.68. The fraction of sp³-hybridized carbons (Fsp3) is 0.0500. The predicted octanol–water partition coefficient (Wildman–Crippen LogP) is 4.16. The largest absolute Gasteiger partial charge is 0.392 e. The Bertz CT molecular complexity index is 958. The van der Waals surface area contributed by atoms with Crippen molar-refractivity contribution in [3.63, 3.8) is 0 Å². The number of benzene rings is 2. The summed E-state index contributed by atoms with van der Waals surface area (Å²) in [5, 5.41) is 9.29. The van der Waals surface area contributed by atoms with Gasteiger partial charge in [0.2, 0.25) is 0 Å². The topological polar surface area (TPSA) is 37.5 Å². The van der Waals surface area contributed by atoms with Gasteiger partial charge in [0.25, 0.3) is 0 Å². The van der Waals surface area contributed by atoms with E-state index < -0.39 is 0 Å². The fourth-order valence-corrected chi connectivity index (χ4v) is 2.76. The van der Waals surface area contributed by atoms with Crippen molar-refractivity contribution < 1.29 is 5.11 Å². The molecule has 0 aliphatic heterocycles. The van der Waals surface area contributed by atoms with Gasteiger partial charge in [-0.15, -0.1) is 0 Å². The Balaban J connectivity index is 1.79. The van der Waals surface area contributed by atoms with Crippen LogP contribution in [0.1, 0.15) is 5.56 Å². The average Bonchev–Trinajstić information content (AvgIpc) is 3.06. The summed E-state index contributed by atoms with van der Waals surface area (Å²) in [6, 6.07) is 22.2. The smallest absolute Gasteiger partial charge is 0.137 e. The van der Waals surface area contributed by atoms with Gasteiger partial charge in [-0.2, -0.15) is 0 Å². The van der Waals surface area contributed by atoms with Gasteiger partial charge in [0.05, 0.1) is 12.3 Å². The summed E-state index contributed by atoms with van der Waals surface area (Å²) in [6.07, 6.45) is 4.12. The Morgan fingerprint density at radius 1 is 0.783 bits per heavy atom. The molecule has 3 heteroatoms. The van der Waals surface area contributed by atoms with E-state index in [0.29, 0.717) is 0 Å². The van der Waals surface area contributed by atoms with Crippen LogP contribution in [0, 0.1) is 0 Å². The molecule has 0 fully saturated rings. The zero-order valence-corrected chi connectivity index (χ0v) is 12.6. The molecule has 0 aliphatic carbocycles. The lowest BCUT2D eigenvalue weighted by Crippen LogP contribution is -1.87. The van der Waals surface area contributed by atoms with Crippen LogP contribution in [0.5, 0.6) is 0 Å². The maximum Gasteiger partial charge on any atom is 0.137 e. The Morgan fingerprint density at radius 3 is 2.43 bits per heavy atom. The van der Waals surface area contributed by atoms with Crippen molar-refractivity contribution in [2.75, 3.05) is 0 Å². The second-order valence-corrected chi connectivity index (χ2v) is 5.53. The zero-order chi connectivity index (χ0) is 15.6.